The van der Waals surface area contributed by atoms with Crippen LogP contribution in [0.4, 0.5) is 0 Å². The van der Waals surface area contributed by atoms with Crippen molar-refractivity contribution in [3.05, 3.63) is 72.4 Å². The first kappa shape index (κ1) is 19.6. The summed E-state index contributed by atoms with van der Waals surface area (Å²) in [4.78, 5) is 17.8. The lowest BCUT2D eigenvalue weighted by molar-refractivity contribution is 0.0941. The van der Waals surface area contributed by atoms with Gasteiger partial charge in [-0.15, -0.1) is 0 Å². The number of nitrogens with one attached hydrogen (secondary N) is 1. The smallest absolute Gasteiger partial charge is 0.270 e. The van der Waals surface area contributed by atoms with E-state index >= 15 is 0 Å². The Kier molecular flexibility index (Phi) is 5.48. The molecular formula is C24H24N4O2. The van der Waals surface area contributed by atoms with Gasteiger partial charge < -0.3 is 10.1 Å². The Morgan fingerprint density at radius 2 is 1.77 bits per heavy atom. The van der Waals surface area contributed by atoms with Gasteiger partial charge in [0.25, 0.3) is 5.91 Å². The van der Waals surface area contributed by atoms with Crippen LogP contribution in [-0.4, -0.2) is 34.2 Å². The van der Waals surface area contributed by atoms with Gasteiger partial charge in [0.15, 0.2) is 5.65 Å². The number of carbonyl (C=O) groups is 1. The highest BCUT2D eigenvalue weighted by molar-refractivity contribution is 5.94. The number of para-hydroxylation sites is 1. The highest BCUT2D eigenvalue weighted by Gasteiger charge is 2.18. The molecule has 0 aliphatic carbocycles. The minimum Gasteiger partial charge on any atom is -0.496 e. The molecule has 2 aromatic carbocycles. The first-order valence-corrected chi connectivity index (χ1v) is 9.94. The van der Waals surface area contributed by atoms with E-state index in [0.29, 0.717) is 35.2 Å². The average molecular weight is 400 g/mol. The highest BCUT2D eigenvalue weighted by atomic mass is 16.5. The van der Waals surface area contributed by atoms with Gasteiger partial charge in [-0.2, -0.15) is 5.10 Å². The molecule has 4 rings (SSSR count). The summed E-state index contributed by atoms with van der Waals surface area (Å²) in [5.41, 5.74) is 4.25. The molecule has 0 radical (unpaired) electrons. The van der Waals surface area contributed by atoms with Crippen LogP contribution in [-0.2, 0) is 0 Å². The lowest BCUT2D eigenvalue weighted by atomic mass is 10.1. The summed E-state index contributed by atoms with van der Waals surface area (Å²) in [5.74, 6) is 0.859. The maximum Gasteiger partial charge on any atom is 0.270 e. The zero-order valence-electron chi connectivity index (χ0n) is 17.3. The average Bonchev–Trinajstić information content (AvgIpc) is 3.21. The van der Waals surface area contributed by atoms with Gasteiger partial charge in [-0.3, -0.25) is 4.79 Å². The number of nitrogens with zero attached hydrogens (tertiary/aromatic N) is 3. The Morgan fingerprint density at radius 1 is 1.03 bits per heavy atom. The number of ether oxygens (including phenoxy) is 1. The molecule has 2 heterocycles. The van der Waals surface area contributed by atoms with E-state index in [-0.39, 0.29) is 5.91 Å². The Balaban J connectivity index is 1.89. The molecule has 6 nitrogen and oxygen atoms in total. The van der Waals surface area contributed by atoms with Crippen LogP contribution in [0.3, 0.4) is 0 Å². The van der Waals surface area contributed by atoms with Crippen LogP contribution in [0.5, 0.6) is 5.75 Å². The van der Waals surface area contributed by atoms with Crippen LogP contribution in [0.15, 0.2) is 66.7 Å². The second-order valence-electron chi connectivity index (χ2n) is 7.50. The van der Waals surface area contributed by atoms with E-state index in [4.69, 9.17) is 9.72 Å². The van der Waals surface area contributed by atoms with E-state index < -0.39 is 0 Å². The molecule has 1 N–H and O–H groups in total. The minimum atomic E-state index is -0.185. The third kappa shape index (κ3) is 3.89. The van der Waals surface area contributed by atoms with Crippen molar-refractivity contribution in [2.75, 3.05) is 13.7 Å². The van der Waals surface area contributed by atoms with Crippen molar-refractivity contribution in [1.29, 1.82) is 0 Å². The number of hydrogen-bond donors (Lipinski definition) is 1. The van der Waals surface area contributed by atoms with Gasteiger partial charge in [-0.25, -0.2) is 9.50 Å². The first-order chi connectivity index (χ1) is 14.6. The topological polar surface area (TPSA) is 68.5 Å². The summed E-state index contributed by atoms with van der Waals surface area (Å²) in [5, 5.41) is 7.66. The molecular weight excluding hydrogens is 376 g/mol. The van der Waals surface area contributed by atoms with Gasteiger partial charge in [0.05, 0.1) is 18.5 Å². The fourth-order valence-electron chi connectivity index (χ4n) is 3.27. The molecule has 4 aromatic rings. The maximum absolute atomic E-state index is 13.0. The van der Waals surface area contributed by atoms with E-state index in [1.807, 2.05) is 60.7 Å². The molecule has 0 unspecified atom stereocenters. The maximum atomic E-state index is 13.0. The predicted molar refractivity (Wildman–Crippen MR) is 118 cm³/mol. The molecule has 6 heteroatoms. The zero-order chi connectivity index (χ0) is 21.1. The van der Waals surface area contributed by atoms with Crippen molar-refractivity contribution in [3.8, 4) is 28.3 Å². The Hall–Kier alpha value is -3.67. The number of rotatable bonds is 6. The van der Waals surface area contributed by atoms with Crippen LogP contribution in [0.25, 0.3) is 28.2 Å². The summed E-state index contributed by atoms with van der Waals surface area (Å²) in [7, 11) is 1.62. The second kappa shape index (κ2) is 8.37. The van der Waals surface area contributed by atoms with Crippen molar-refractivity contribution in [1.82, 2.24) is 19.9 Å². The molecule has 0 saturated heterocycles. The number of benzene rings is 2. The fourth-order valence-corrected chi connectivity index (χ4v) is 3.27. The largest absolute Gasteiger partial charge is 0.496 e. The van der Waals surface area contributed by atoms with E-state index in [0.717, 1.165) is 16.8 Å². The SMILES string of the molecule is COc1ccccc1-c1cc(C(=O)NCC(C)C)n2nc(-c3ccccc3)cc2n1. The normalized spacial score (nSPS) is 11.1. The molecule has 0 saturated carbocycles. The number of amides is 1. The number of hydrogen-bond acceptors (Lipinski definition) is 4. The quantitative estimate of drug-likeness (QED) is 0.519. The molecule has 0 aliphatic rings. The monoisotopic (exact) mass is 400 g/mol. The summed E-state index contributed by atoms with van der Waals surface area (Å²) >= 11 is 0. The van der Waals surface area contributed by atoms with Gasteiger partial charge in [0.1, 0.15) is 11.4 Å². The summed E-state index contributed by atoms with van der Waals surface area (Å²) in [6.45, 7) is 4.70. The Morgan fingerprint density at radius 3 is 2.50 bits per heavy atom. The Labute approximate surface area is 175 Å². The summed E-state index contributed by atoms with van der Waals surface area (Å²) in [6, 6.07) is 21.2. The third-order valence-electron chi connectivity index (χ3n) is 4.78. The first-order valence-electron chi connectivity index (χ1n) is 9.94. The van der Waals surface area contributed by atoms with Crippen molar-refractivity contribution < 1.29 is 9.53 Å². The van der Waals surface area contributed by atoms with Crippen LogP contribution in [0, 0.1) is 5.92 Å². The van der Waals surface area contributed by atoms with Gasteiger partial charge >= 0.3 is 0 Å². The molecule has 0 aliphatic heterocycles. The van der Waals surface area contributed by atoms with Gasteiger partial charge in [0.2, 0.25) is 0 Å². The number of aromatic nitrogens is 3. The van der Waals surface area contributed by atoms with Crippen molar-refractivity contribution >= 4 is 11.6 Å². The van der Waals surface area contributed by atoms with Crippen LogP contribution >= 0.6 is 0 Å². The molecule has 0 spiro atoms. The van der Waals surface area contributed by atoms with Crippen molar-refractivity contribution in [2.24, 2.45) is 5.92 Å². The van der Waals surface area contributed by atoms with Crippen molar-refractivity contribution in [2.45, 2.75) is 13.8 Å². The molecule has 0 bridgehead atoms. The number of carbonyl (C=O) groups excluding carboxylic acids is 1. The van der Waals surface area contributed by atoms with E-state index in [1.54, 1.807) is 17.7 Å². The van der Waals surface area contributed by atoms with Gasteiger partial charge in [-0.1, -0.05) is 56.3 Å². The van der Waals surface area contributed by atoms with E-state index in [2.05, 4.69) is 24.3 Å². The molecule has 152 valence electrons. The molecule has 2 aromatic heterocycles. The predicted octanol–water partition coefficient (Wildman–Crippen LogP) is 4.46. The van der Waals surface area contributed by atoms with Crippen LogP contribution in [0.1, 0.15) is 24.3 Å². The lowest BCUT2D eigenvalue weighted by Crippen LogP contribution is -2.29. The van der Waals surface area contributed by atoms with Gasteiger partial charge in [0, 0.05) is 23.7 Å². The van der Waals surface area contributed by atoms with Crippen LogP contribution < -0.4 is 10.1 Å². The van der Waals surface area contributed by atoms with E-state index in [9.17, 15) is 4.79 Å². The second-order valence-corrected chi connectivity index (χ2v) is 7.50. The molecule has 0 fully saturated rings. The zero-order valence-corrected chi connectivity index (χ0v) is 17.3. The van der Waals surface area contributed by atoms with Crippen LogP contribution in [0.2, 0.25) is 0 Å². The fraction of sp³-hybridized carbons (Fsp3) is 0.208. The lowest BCUT2D eigenvalue weighted by Gasteiger charge is -2.12. The molecule has 0 atom stereocenters. The highest BCUT2D eigenvalue weighted by Crippen LogP contribution is 2.30. The third-order valence-corrected chi connectivity index (χ3v) is 4.78. The van der Waals surface area contributed by atoms with Gasteiger partial charge in [-0.05, 0) is 24.1 Å². The Bertz CT molecular complexity index is 1180. The molecule has 1 amide bonds. The molecule has 30 heavy (non-hydrogen) atoms. The van der Waals surface area contributed by atoms with E-state index in [1.165, 1.54) is 0 Å². The number of fused-ring (bicyclic) bond motifs is 1. The van der Waals surface area contributed by atoms with Crippen molar-refractivity contribution in [3.63, 3.8) is 0 Å². The standard InChI is InChI=1S/C24H24N4O2/c1-16(2)15-25-24(29)21-13-20(18-11-7-8-12-22(18)30-3)26-23-14-19(27-28(21)23)17-9-5-4-6-10-17/h4-14,16H,15H2,1-3H3,(H,25,29). The number of methoxy groups -OCH3 is 1. The minimum absolute atomic E-state index is 0.185. The summed E-state index contributed by atoms with van der Waals surface area (Å²) < 4.78 is 7.11. The summed E-state index contributed by atoms with van der Waals surface area (Å²) in [6.07, 6.45) is 0.